The van der Waals surface area contributed by atoms with Crippen molar-refractivity contribution in [2.24, 2.45) is 0 Å². The van der Waals surface area contributed by atoms with E-state index in [2.05, 4.69) is 16.8 Å². The minimum atomic E-state index is -4.31. The smallest absolute Gasteiger partial charge is 0.314 e. The van der Waals surface area contributed by atoms with Gasteiger partial charge in [0, 0.05) is 32.2 Å². The minimum Gasteiger partial charge on any atom is -0.314 e. The number of allylic oxidation sites excluding steroid dienone is 1. The Labute approximate surface area is 147 Å². The number of hydrogen-bond donors (Lipinski definition) is 1. The topological polar surface area (TPSA) is 15.3 Å². The summed E-state index contributed by atoms with van der Waals surface area (Å²) in [5, 5.41) is 3.24. The molecule has 7 heteroatoms. The van der Waals surface area contributed by atoms with Crippen molar-refractivity contribution in [1.29, 1.82) is 0 Å². The molecule has 2 rings (SSSR count). The average Bonchev–Trinajstić information content (AvgIpc) is 2.48. The SMILES string of the molecule is C=CCC[C@H](c1ccccc1C(F)(F)F)N1CCNCC1.Cl.Cl. The van der Waals surface area contributed by atoms with Gasteiger partial charge >= 0.3 is 6.18 Å². The predicted octanol–water partition coefficient (Wildman–Crippen LogP) is 4.46. The summed E-state index contributed by atoms with van der Waals surface area (Å²) in [5.74, 6) is 0. The molecule has 1 saturated heterocycles. The average molecular weight is 371 g/mol. The summed E-state index contributed by atoms with van der Waals surface area (Å²) >= 11 is 0. The van der Waals surface area contributed by atoms with Gasteiger partial charge < -0.3 is 5.32 Å². The van der Waals surface area contributed by atoms with Crippen molar-refractivity contribution in [3.63, 3.8) is 0 Å². The second-order valence-corrected chi connectivity index (χ2v) is 5.25. The van der Waals surface area contributed by atoms with Crippen molar-refractivity contribution in [3.8, 4) is 0 Å². The maximum atomic E-state index is 13.2. The van der Waals surface area contributed by atoms with Crippen LogP contribution in [0.25, 0.3) is 0 Å². The van der Waals surface area contributed by atoms with Gasteiger partial charge in [-0.1, -0.05) is 24.3 Å². The fourth-order valence-corrected chi connectivity index (χ4v) is 2.85. The third kappa shape index (κ3) is 5.99. The van der Waals surface area contributed by atoms with Crippen molar-refractivity contribution in [2.75, 3.05) is 26.2 Å². The molecule has 0 aliphatic carbocycles. The maximum Gasteiger partial charge on any atom is 0.416 e. The van der Waals surface area contributed by atoms with Crippen LogP contribution in [-0.4, -0.2) is 31.1 Å². The molecule has 1 heterocycles. The number of rotatable bonds is 5. The molecule has 1 aliphatic heterocycles. The number of halogens is 5. The lowest BCUT2D eigenvalue weighted by Gasteiger charge is -2.36. The number of nitrogens with zero attached hydrogens (tertiary/aromatic N) is 1. The third-order valence-electron chi connectivity index (χ3n) is 3.86. The highest BCUT2D eigenvalue weighted by Gasteiger charge is 2.36. The summed E-state index contributed by atoms with van der Waals surface area (Å²) < 4.78 is 39.7. The summed E-state index contributed by atoms with van der Waals surface area (Å²) in [6.07, 6.45) is -1.17. The summed E-state index contributed by atoms with van der Waals surface area (Å²) in [4.78, 5) is 2.14. The largest absolute Gasteiger partial charge is 0.416 e. The molecule has 1 aromatic rings. The molecule has 0 bridgehead atoms. The molecule has 132 valence electrons. The molecule has 0 unspecified atom stereocenters. The predicted molar refractivity (Wildman–Crippen MR) is 92.6 cm³/mol. The first-order valence-corrected chi connectivity index (χ1v) is 7.26. The number of nitrogens with one attached hydrogen (secondary N) is 1. The minimum absolute atomic E-state index is 0. The fourth-order valence-electron chi connectivity index (χ4n) is 2.85. The zero-order chi connectivity index (χ0) is 15.3. The summed E-state index contributed by atoms with van der Waals surface area (Å²) in [6.45, 7) is 6.87. The standard InChI is InChI=1S/C16H21F3N2.2ClH/c1-2-3-8-15(21-11-9-20-10-12-21)13-6-4-5-7-14(13)16(17,18)19;;/h2,4-7,15,20H,1,3,8-12H2;2*1H/t15-;;/m1../s1. The van der Waals surface area contributed by atoms with Crippen molar-refractivity contribution in [2.45, 2.75) is 25.1 Å². The lowest BCUT2D eigenvalue weighted by Crippen LogP contribution is -2.45. The van der Waals surface area contributed by atoms with Crippen LogP contribution in [0.2, 0.25) is 0 Å². The molecule has 1 aromatic carbocycles. The Morgan fingerprint density at radius 1 is 1.17 bits per heavy atom. The molecule has 0 saturated carbocycles. The number of alkyl halides is 3. The Bertz CT molecular complexity index is 475. The molecule has 23 heavy (non-hydrogen) atoms. The van der Waals surface area contributed by atoms with Gasteiger partial charge in [-0.25, -0.2) is 0 Å². The molecule has 1 fully saturated rings. The fraction of sp³-hybridized carbons (Fsp3) is 0.500. The Kier molecular flexibility index (Phi) is 9.85. The Balaban J connectivity index is 0.00000242. The van der Waals surface area contributed by atoms with Crippen molar-refractivity contribution in [3.05, 3.63) is 48.0 Å². The van der Waals surface area contributed by atoms with Gasteiger partial charge in [-0.2, -0.15) is 13.2 Å². The van der Waals surface area contributed by atoms with Crippen LogP contribution in [0.1, 0.15) is 30.0 Å². The molecule has 1 aliphatic rings. The molecule has 0 radical (unpaired) electrons. The van der Waals surface area contributed by atoms with E-state index < -0.39 is 11.7 Å². The zero-order valence-electron chi connectivity index (χ0n) is 12.8. The number of benzene rings is 1. The highest BCUT2D eigenvalue weighted by Crippen LogP contribution is 2.38. The molecule has 1 N–H and O–H groups in total. The molecule has 0 spiro atoms. The first kappa shape index (κ1) is 22.2. The Morgan fingerprint density at radius 2 is 1.78 bits per heavy atom. The first-order chi connectivity index (χ1) is 10.0. The van der Waals surface area contributed by atoms with Crippen LogP contribution in [0.5, 0.6) is 0 Å². The van der Waals surface area contributed by atoms with Crippen LogP contribution in [0, 0.1) is 0 Å². The highest BCUT2D eigenvalue weighted by atomic mass is 35.5. The van der Waals surface area contributed by atoms with E-state index in [9.17, 15) is 13.2 Å². The summed E-state index contributed by atoms with van der Waals surface area (Å²) in [7, 11) is 0. The molecule has 0 amide bonds. The van der Waals surface area contributed by atoms with E-state index in [0.29, 0.717) is 18.4 Å². The third-order valence-corrected chi connectivity index (χ3v) is 3.86. The summed E-state index contributed by atoms with van der Waals surface area (Å²) in [5.41, 5.74) is -0.133. The van der Waals surface area contributed by atoms with Gasteiger partial charge in [0.2, 0.25) is 0 Å². The number of hydrogen-bond acceptors (Lipinski definition) is 2. The van der Waals surface area contributed by atoms with E-state index in [1.807, 2.05) is 0 Å². The first-order valence-electron chi connectivity index (χ1n) is 7.26. The summed E-state index contributed by atoms with van der Waals surface area (Å²) in [6, 6.07) is 5.72. The van der Waals surface area contributed by atoms with E-state index in [0.717, 1.165) is 26.2 Å². The zero-order valence-corrected chi connectivity index (χ0v) is 14.4. The van der Waals surface area contributed by atoms with E-state index in [1.165, 1.54) is 12.1 Å². The van der Waals surface area contributed by atoms with Crippen molar-refractivity contribution < 1.29 is 13.2 Å². The van der Waals surface area contributed by atoms with Gasteiger partial charge in [-0.15, -0.1) is 31.4 Å². The van der Waals surface area contributed by atoms with Crippen LogP contribution in [0.15, 0.2) is 36.9 Å². The molecule has 2 nitrogen and oxygen atoms in total. The van der Waals surface area contributed by atoms with Crippen LogP contribution in [0.3, 0.4) is 0 Å². The lowest BCUT2D eigenvalue weighted by molar-refractivity contribution is -0.138. The van der Waals surface area contributed by atoms with E-state index in [4.69, 9.17) is 0 Å². The van der Waals surface area contributed by atoms with Gasteiger partial charge in [0.1, 0.15) is 0 Å². The van der Waals surface area contributed by atoms with Crippen LogP contribution < -0.4 is 5.32 Å². The van der Waals surface area contributed by atoms with Crippen LogP contribution in [0.4, 0.5) is 13.2 Å². The van der Waals surface area contributed by atoms with Gasteiger partial charge in [0.05, 0.1) is 5.56 Å². The second kappa shape index (κ2) is 10.2. The quantitative estimate of drug-likeness (QED) is 0.769. The van der Waals surface area contributed by atoms with Gasteiger partial charge in [-0.3, -0.25) is 4.90 Å². The van der Waals surface area contributed by atoms with Crippen LogP contribution in [-0.2, 0) is 6.18 Å². The van der Waals surface area contributed by atoms with Crippen molar-refractivity contribution >= 4 is 24.8 Å². The molecular formula is C16H23Cl2F3N2. The van der Waals surface area contributed by atoms with Crippen LogP contribution >= 0.6 is 24.8 Å². The van der Waals surface area contributed by atoms with Gasteiger partial charge in [0.25, 0.3) is 0 Å². The number of piperazine rings is 1. The normalized spacial score (nSPS) is 16.8. The maximum absolute atomic E-state index is 13.2. The molecule has 0 aromatic heterocycles. The van der Waals surface area contributed by atoms with Gasteiger partial charge in [0.15, 0.2) is 0 Å². The van der Waals surface area contributed by atoms with E-state index in [1.54, 1.807) is 18.2 Å². The Morgan fingerprint density at radius 3 is 2.35 bits per heavy atom. The Hall–Kier alpha value is -0.750. The monoisotopic (exact) mass is 370 g/mol. The molecular weight excluding hydrogens is 348 g/mol. The second-order valence-electron chi connectivity index (χ2n) is 5.25. The van der Waals surface area contributed by atoms with E-state index in [-0.39, 0.29) is 30.9 Å². The lowest BCUT2D eigenvalue weighted by atomic mass is 9.94. The highest BCUT2D eigenvalue weighted by molar-refractivity contribution is 5.85. The van der Waals surface area contributed by atoms with Gasteiger partial charge in [-0.05, 0) is 24.5 Å². The van der Waals surface area contributed by atoms with E-state index >= 15 is 0 Å². The van der Waals surface area contributed by atoms with Crippen molar-refractivity contribution in [1.82, 2.24) is 10.2 Å². The molecule has 1 atom stereocenters.